The molecule has 0 bridgehead atoms. The lowest BCUT2D eigenvalue weighted by Gasteiger charge is -2.12. The van der Waals surface area contributed by atoms with E-state index in [-0.39, 0.29) is 19.0 Å². The van der Waals surface area contributed by atoms with Crippen LogP contribution in [0.4, 0.5) is 0 Å². The molecule has 18 heavy (non-hydrogen) atoms. The Bertz CT molecular complexity index is 371. The summed E-state index contributed by atoms with van der Waals surface area (Å²) in [6, 6.07) is 0. The van der Waals surface area contributed by atoms with E-state index in [9.17, 15) is 10.2 Å². The molecule has 0 spiro atoms. The second-order valence-corrected chi connectivity index (χ2v) is 3.87. The van der Waals surface area contributed by atoms with Crippen molar-refractivity contribution in [3.63, 3.8) is 0 Å². The van der Waals surface area contributed by atoms with Crippen LogP contribution in [0.1, 0.15) is 16.8 Å². The molecule has 1 aromatic heterocycles. The van der Waals surface area contributed by atoms with Crippen molar-refractivity contribution in [3.05, 3.63) is 23.0 Å². The molecule has 0 radical (unpaired) electrons. The van der Waals surface area contributed by atoms with Crippen molar-refractivity contribution < 1.29 is 20.1 Å². The Hall–Kier alpha value is -1.21. The Balaban J connectivity index is 2.48. The van der Waals surface area contributed by atoms with Crippen LogP contribution in [0.5, 0.6) is 5.75 Å². The van der Waals surface area contributed by atoms with Crippen LogP contribution < -0.4 is 5.32 Å². The van der Waals surface area contributed by atoms with Gasteiger partial charge in [-0.1, -0.05) is 0 Å². The molecule has 0 saturated heterocycles. The molecule has 0 aliphatic rings. The second kappa shape index (κ2) is 7.99. The summed E-state index contributed by atoms with van der Waals surface area (Å²) in [6.07, 6.45) is 1.56. The smallest absolute Gasteiger partial charge is 0.141 e. The Morgan fingerprint density at radius 3 is 2.78 bits per heavy atom. The van der Waals surface area contributed by atoms with E-state index in [1.807, 2.05) is 0 Å². The fourth-order valence-electron chi connectivity index (χ4n) is 1.54. The highest BCUT2D eigenvalue weighted by Gasteiger charge is 2.10. The largest absolute Gasteiger partial charge is 0.506 e. The van der Waals surface area contributed by atoms with Gasteiger partial charge in [-0.2, -0.15) is 0 Å². The number of nitrogens with one attached hydrogen (secondary N) is 1. The Morgan fingerprint density at radius 1 is 1.33 bits per heavy atom. The van der Waals surface area contributed by atoms with Gasteiger partial charge < -0.3 is 25.4 Å². The summed E-state index contributed by atoms with van der Waals surface area (Å²) >= 11 is 0. The van der Waals surface area contributed by atoms with E-state index >= 15 is 0 Å². The number of hydrogen-bond donors (Lipinski definition) is 4. The second-order valence-electron chi connectivity index (χ2n) is 3.87. The van der Waals surface area contributed by atoms with Crippen molar-refractivity contribution in [2.45, 2.75) is 20.1 Å². The van der Waals surface area contributed by atoms with Crippen molar-refractivity contribution in [2.24, 2.45) is 0 Å². The number of nitrogens with zero attached hydrogens (tertiary/aromatic N) is 1. The van der Waals surface area contributed by atoms with Gasteiger partial charge in [-0.05, 0) is 6.92 Å². The first kappa shape index (κ1) is 14.8. The SMILES string of the molecule is Cc1ncc(CO)c(CNCCOCCO)c1O. The highest BCUT2D eigenvalue weighted by atomic mass is 16.5. The van der Waals surface area contributed by atoms with Crippen LogP contribution in [-0.2, 0) is 17.9 Å². The number of rotatable bonds is 8. The van der Waals surface area contributed by atoms with Gasteiger partial charge in [-0.25, -0.2) is 0 Å². The van der Waals surface area contributed by atoms with Crippen molar-refractivity contribution in [1.29, 1.82) is 0 Å². The van der Waals surface area contributed by atoms with Gasteiger partial charge in [0.2, 0.25) is 0 Å². The molecule has 6 nitrogen and oxygen atoms in total. The molecule has 0 fully saturated rings. The van der Waals surface area contributed by atoms with Crippen LogP contribution in [0.2, 0.25) is 0 Å². The zero-order valence-electron chi connectivity index (χ0n) is 10.5. The summed E-state index contributed by atoms with van der Waals surface area (Å²) in [7, 11) is 0. The Labute approximate surface area is 106 Å². The molecule has 0 amide bonds. The lowest BCUT2D eigenvalue weighted by Crippen LogP contribution is -2.21. The summed E-state index contributed by atoms with van der Waals surface area (Å²) in [6.45, 7) is 3.42. The first-order valence-electron chi connectivity index (χ1n) is 5.87. The minimum Gasteiger partial charge on any atom is -0.506 e. The molecule has 6 heteroatoms. The number of aromatic hydroxyl groups is 1. The third kappa shape index (κ3) is 4.23. The van der Waals surface area contributed by atoms with Gasteiger partial charge in [0.15, 0.2) is 0 Å². The average molecular weight is 256 g/mol. The molecule has 0 aliphatic heterocycles. The highest BCUT2D eigenvalue weighted by Crippen LogP contribution is 2.23. The number of aryl methyl sites for hydroxylation is 1. The van der Waals surface area contributed by atoms with E-state index < -0.39 is 0 Å². The van der Waals surface area contributed by atoms with Crippen LogP contribution in [0.25, 0.3) is 0 Å². The van der Waals surface area contributed by atoms with Crippen LogP contribution in [-0.4, -0.2) is 46.7 Å². The number of hydrogen-bond acceptors (Lipinski definition) is 6. The van der Waals surface area contributed by atoms with Gasteiger partial charge in [-0.15, -0.1) is 0 Å². The average Bonchev–Trinajstić information content (AvgIpc) is 2.38. The monoisotopic (exact) mass is 256 g/mol. The normalized spacial score (nSPS) is 10.8. The van der Waals surface area contributed by atoms with Crippen molar-refractivity contribution >= 4 is 0 Å². The molecule has 0 aliphatic carbocycles. The standard InChI is InChI=1S/C12H20N2O4/c1-9-12(17)11(10(8-16)6-14-9)7-13-2-4-18-5-3-15/h6,13,15-17H,2-5,7-8H2,1H3. The third-order valence-electron chi connectivity index (χ3n) is 2.56. The quantitative estimate of drug-likeness (QED) is 0.476. The van der Waals surface area contributed by atoms with E-state index in [2.05, 4.69) is 10.3 Å². The van der Waals surface area contributed by atoms with Gasteiger partial charge in [0.1, 0.15) is 5.75 Å². The van der Waals surface area contributed by atoms with Crippen LogP contribution in [0, 0.1) is 6.92 Å². The zero-order valence-corrected chi connectivity index (χ0v) is 10.5. The summed E-state index contributed by atoms with van der Waals surface area (Å²) < 4.78 is 5.09. The minimum atomic E-state index is -0.154. The Kier molecular flexibility index (Phi) is 6.59. The highest BCUT2D eigenvalue weighted by molar-refractivity contribution is 5.40. The predicted molar refractivity (Wildman–Crippen MR) is 66.2 cm³/mol. The van der Waals surface area contributed by atoms with Crippen LogP contribution in [0.15, 0.2) is 6.20 Å². The molecule has 1 heterocycles. The topological polar surface area (TPSA) is 94.8 Å². The molecule has 1 rings (SSSR count). The van der Waals surface area contributed by atoms with Crippen LogP contribution >= 0.6 is 0 Å². The first-order valence-corrected chi connectivity index (χ1v) is 5.87. The van der Waals surface area contributed by atoms with E-state index in [4.69, 9.17) is 9.84 Å². The molecular weight excluding hydrogens is 236 g/mol. The first-order chi connectivity index (χ1) is 8.70. The molecule has 1 aromatic rings. The Morgan fingerprint density at radius 2 is 2.11 bits per heavy atom. The van der Waals surface area contributed by atoms with Gasteiger partial charge in [0.05, 0.1) is 32.1 Å². The van der Waals surface area contributed by atoms with Gasteiger partial charge >= 0.3 is 0 Å². The van der Waals surface area contributed by atoms with E-state index in [0.717, 1.165) is 0 Å². The zero-order chi connectivity index (χ0) is 13.4. The van der Waals surface area contributed by atoms with E-state index in [1.165, 1.54) is 0 Å². The summed E-state index contributed by atoms with van der Waals surface area (Å²) in [5, 5.41) is 30.7. The molecule has 0 saturated carbocycles. The summed E-state index contributed by atoms with van der Waals surface area (Å²) in [4.78, 5) is 3.99. The molecule has 0 aromatic carbocycles. The molecule has 4 N–H and O–H groups in total. The molecule has 102 valence electrons. The number of pyridine rings is 1. The van der Waals surface area contributed by atoms with Gasteiger partial charge in [0.25, 0.3) is 0 Å². The molecule has 0 atom stereocenters. The summed E-state index contributed by atoms with van der Waals surface area (Å²) in [5.74, 6) is 0.116. The fraction of sp³-hybridized carbons (Fsp3) is 0.583. The predicted octanol–water partition coefficient (Wildman–Crippen LogP) is -0.314. The third-order valence-corrected chi connectivity index (χ3v) is 2.56. The van der Waals surface area contributed by atoms with Crippen molar-refractivity contribution in [1.82, 2.24) is 10.3 Å². The van der Waals surface area contributed by atoms with Crippen molar-refractivity contribution in [2.75, 3.05) is 26.4 Å². The van der Waals surface area contributed by atoms with Crippen LogP contribution in [0.3, 0.4) is 0 Å². The fourth-order valence-corrected chi connectivity index (χ4v) is 1.54. The number of aromatic nitrogens is 1. The number of ether oxygens (including phenoxy) is 1. The van der Waals surface area contributed by atoms with Crippen molar-refractivity contribution in [3.8, 4) is 5.75 Å². The lowest BCUT2D eigenvalue weighted by molar-refractivity contribution is 0.0937. The maximum Gasteiger partial charge on any atom is 0.141 e. The molecular formula is C12H20N2O4. The number of aliphatic hydroxyl groups is 2. The molecule has 0 unspecified atom stereocenters. The lowest BCUT2D eigenvalue weighted by atomic mass is 10.1. The van der Waals surface area contributed by atoms with E-state index in [1.54, 1.807) is 13.1 Å². The minimum absolute atomic E-state index is 0.0129. The maximum absolute atomic E-state index is 9.87. The number of aliphatic hydroxyl groups excluding tert-OH is 2. The van der Waals surface area contributed by atoms with Gasteiger partial charge in [0, 0.05) is 30.4 Å². The summed E-state index contributed by atoms with van der Waals surface area (Å²) in [5.41, 5.74) is 1.81. The maximum atomic E-state index is 9.87. The van der Waals surface area contributed by atoms with E-state index in [0.29, 0.717) is 43.1 Å². The van der Waals surface area contributed by atoms with Gasteiger partial charge in [-0.3, -0.25) is 4.98 Å².